The van der Waals surface area contributed by atoms with Gasteiger partial charge in [-0.05, 0) is 54.3 Å². The molecule has 0 radical (unpaired) electrons. The number of halogens is 1. The molecule has 0 saturated carbocycles. The van der Waals surface area contributed by atoms with E-state index in [1.165, 1.54) is 4.90 Å². The Labute approximate surface area is 218 Å². The minimum Gasteiger partial charge on any atom is -0.491 e. The van der Waals surface area contributed by atoms with E-state index in [1.54, 1.807) is 12.1 Å². The summed E-state index contributed by atoms with van der Waals surface area (Å²) in [7, 11) is 0. The molecule has 1 fully saturated rings. The molecule has 0 spiro atoms. The van der Waals surface area contributed by atoms with Crippen molar-refractivity contribution >= 4 is 29.4 Å². The SMILES string of the molecule is CCCCN(Cc1ccc(OCCN2C(=O)CCC2=O)c(CC)c1)C(CC(=O)O)c1ccc(Cl)cc1. The average molecular weight is 515 g/mol. The van der Waals surface area contributed by atoms with Crippen molar-refractivity contribution in [2.45, 2.75) is 65.0 Å². The van der Waals surface area contributed by atoms with Gasteiger partial charge in [0.25, 0.3) is 0 Å². The van der Waals surface area contributed by atoms with Crippen LogP contribution in [0.1, 0.15) is 68.7 Å². The van der Waals surface area contributed by atoms with Gasteiger partial charge in [-0.3, -0.25) is 24.2 Å². The van der Waals surface area contributed by atoms with Crippen molar-refractivity contribution in [1.29, 1.82) is 0 Å². The normalized spacial score (nSPS) is 14.5. The molecule has 7 nitrogen and oxygen atoms in total. The van der Waals surface area contributed by atoms with Crippen LogP contribution in [0.4, 0.5) is 0 Å². The van der Waals surface area contributed by atoms with Crippen molar-refractivity contribution in [1.82, 2.24) is 9.80 Å². The molecule has 1 aliphatic rings. The molecule has 2 aromatic rings. The summed E-state index contributed by atoms with van der Waals surface area (Å²) in [5, 5.41) is 10.3. The molecular formula is C28H35ClN2O5. The number of ether oxygens (including phenoxy) is 1. The molecule has 1 saturated heterocycles. The van der Waals surface area contributed by atoms with E-state index in [1.807, 2.05) is 24.3 Å². The Morgan fingerprint density at radius 2 is 1.81 bits per heavy atom. The molecule has 1 heterocycles. The summed E-state index contributed by atoms with van der Waals surface area (Å²) in [5.41, 5.74) is 3.03. The van der Waals surface area contributed by atoms with Crippen molar-refractivity contribution in [3.63, 3.8) is 0 Å². The van der Waals surface area contributed by atoms with E-state index in [0.29, 0.717) is 11.6 Å². The van der Waals surface area contributed by atoms with Gasteiger partial charge in [0.15, 0.2) is 0 Å². The van der Waals surface area contributed by atoms with E-state index in [4.69, 9.17) is 16.3 Å². The molecule has 0 aromatic heterocycles. The Morgan fingerprint density at radius 3 is 2.42 bits per heavy atom. The second kappa shape index (κ2) is 13.4. The Bertz CT molecular complexity index is 1040. The van der Waals surface area contributed by atoms with Crippen LogP contribution in [0.5, 0.6) is 5.75 Å². The Balaban J connectivity index is 1.75. The molecule has 1 aliphatic heterocycles. The van der Waals surface area contributed by atoms with Gasteiger partial charge in [-0.15, -0.1) is 0 Å². The maximum Gasteiger partial charge on any atom is 0.305 e. The zero-order chi connectivity index (χ0) is 26.1. The van der Waals surface area contributed by atoms with Gasteiger partial charge in [-0.2, -0.15) is 0 Å². The number of rotatable bonds is 14. The zero-order valence-corrected chi connectivity index (χ0v) is 21.8. The monoisotopic (exact) mass is 514 g/mol. The number of amides is 2. The average Bonchev–Trinajstić information content (AvgIpc) is 3.18. The van der Waals surface area contributed by atoms with Crippen LogP contribution in [0.15, 0.2) is 42.5 Å². The van der Waals surface area contributed by atoms with E-state index >= 15 is 0 Å². The van der Waals surface area contributed by atoms with Crippen LogP contribution in [-0.2, 0) is 27.3 Å². The third kappa shape index (κ3) is 7.55. The van der Waals surface area contributed by atoms with Crippen molar-refractivity contribution < 1.29 is 24.2 Å². The molecule has 3 rings (SSSR count). The van der Waals surface area contributed by atoms with Crippen LogP contribution in [0.3, 0.4) is 0 Å². The first kappa shape index (κ1) is 27.7. The van der Waals surface area contributed by atoms with Crippen LogP contribution in [0, 0.1) is 0 Å². The molecule has 2 amide bonds. The van der Waals surface area contributed by atoms with Gasteiger partial charge in [0, 0.05) is 30.5 Å². The van der Waals surface area contributed by atoms with Gasteiger partial charge in [0.1, 0.15) is 12.4 Å². The highest BCUT2D eigenvalue weighted by atomic mass is 35.5. The highest BCUT2D eigenvalue weighted by Crippen LogP contribution is 2.29. The zero-order valence-electron chi connectivity index (χ0n) is 21.0. The number of benzene rings is 2. The molecule has 2 aromatic carbocycles. The fourth-order valence-electron chi connectivity index (χ4n) is 4.52. The van der Waals surface area contributed by atoms with Crippen molar-refractivity contribution in [3.8, 4) is 5.75 Å². The van der Waals surface area contributed by atoms with E-state index in [9.17, 15) is 19.5 Å². The number of hydrogen-bond acceptors (Lipinski definition) is 5. The van der Waals surface area contributed by atoms with Crippen LogP contribution in [0.2, 0.25) is 5.02 Å². The summed E-state index contributed by atoms with van der Waals surface area (Å²) >= 11 is 6.07. The number of hydrogen-bond donors (Lipinski definition) is 1. The summed E-state index contributed by atoms with van der Waals surface area (Å²) in [6.45, 7) is 6.06. The smallest absolute Gasteiger partial charge is 0.305 e. The summed E-state index contributed by atoms with van der Waals surface area (Å²) < 4.78 is 5.94. The number of likely N-dealkylation sites (tertiary alicyclic amines) is 1. The van der Waals surface area contributed by atoms with Gasteiger partial charge in [-0.1, -0.05) is 56.1 Å². The molecule has 0 aliphatic carbocycles. The number of aliphatic carboxylic acids is 1. The van der Waals surface area contributed by atoms with E-state index < -0.39 is 5.97 Å². The maximum absolute atomic E-state index is 11.8. The third-order valence-corrected chi connectivity index (χ3v) is 6.73. The number of carboxylic acids is 1. The molecule has 1 unspecified atom stereocenters. The number of carbonyl (C=O) groups excluding carboxylic acids is 2. The van der Waals surface area contributed by atoms with Crippen LogP contribution in [-0.4, -0.2) is 52.4 Å². The number of nitrogens with zero attached hydrogens (tertiary/aromatic N) is 2. The Kier molecular flexibility index (Phi) is 10.3. The van der Waals surface area contributed by atoms with Crippen LogP contribution in [0.25, 0.3) is 0 Å². The topological polar surface area (TPSA) is 87.2 Å². The second-order valence-electron chi connectivity index (χ2n) is 9.07. The quantitative estimate of drug-likeness (QED) is 0.346. The first-order valence-corrected chi connectivity index (χ1v) is 13.0. The number of imide groups is 1. The summed E-state index contributed by atoms with van der Waals surface area (Å²) in [6.07, 6.45) is 3.28. The maximum atomic E-state index is 11.8. The van der Waals surface area contributed by atoms with E-state index in [-0.39, 0.29) is 50.3 Å². The standard InChI is InChI=1S/C28H35ClN2O5/c1-3-5-14-30(24(18-28(34)35)22-7-9-23(29)10-8-22)19-20-6-11-25(21(4-2)17-20)36-16-15-31-26(32)12-13-27(31)33/h6-11,17,24H,3-5,12-16,18-19H2,1-2H3,(H,34,35). The van der Waals surface area contributed by atoms with Gasteiger partial charge in [-0.25, -0.2) is 0 Å². The highest BCUT2D eigenvalue weighted by Gasteiger charge is 2.28. The Hall–Kier alpha value is -2.90. The largest absolute Gasteiger partial charge is 0.491 e. The molecule has 1 N–H and O–H groups in total. The number of carboxylic acid groups (broad SMARTS) is 1. The lowest BCUT2D eigenvalue weighted by molar-refractivity contribution is -0.140. The fraction of sp³-hybridized carbons (Fsp3) is 0.464. The predicted octanol–water partition coefficient (Wildman–Crippen LogP) is 5.25. The Morgan fingerprint density at radius 1 is 1.11 bits per heavy atom. The number of aryl methyl sites for hydroxylation is 1. The van der Waals surface area contributed by atoms with Crippen molar-refractivity contribution in [2.24, 2.45) is 0 Å². The van der Waals surface area contributed by atoms with Crippen molar-refractivity contribution in [3.05, 3.63) is 64.2 Å². The van der Waals surface area contributed by atoms with Gasteiger partial charge in [0.2, 0.25) is 11.8 Å². The predicted molar refractivity (Wildman–Crippen MR) is 139 cm³/mol. The van der Waals surface area contributed by atoms with Gasteiger partial charge in [0.05, 0.1) is 13.0 Å². The number of carbonyl (C=O) groups is 3. The lowest BCUT2D eigenvalue weighted by Crippen LogP contribution is -2.33. The highest BCUT2D eigenvalue weighted by molar-refractivity contribution is 6.30. The fourth-order valence-corrected chi connectivity index (χ4v) is 4.64. The molecule has 0 bridgehead atoms. The minimum absolute atomic E-state index is 0.00111. The van der Waals surface area contributed by atoms with Crippen LogP contribution < -0.4 is 4.74 Å². The van der Waals surface area contributed by atoms with Gasteiger partial charge >= 0.3 is 5.97 Å². The summed E-state index contributed by atoms with van der Waals surface area (Å²) in [4.78, 5) is 38.9. The van der Waals surface area contributed by atoms with Crippen molar-refractivity contribution in [2.75, 3.05) is 19.7 Å². The molecule has 194 valence electrons. The van der Waals surface area contributed by atoms with Crippen LogP contribution >= 0.6 is 11.6 Å². The lowest BCUT2D eigenvalue weighted by atomic mass is 9.99. The van der Waals surface area contributed by atoms with E-state index in [2.05, 4.69) is 24.8 Å². The third-order valence-electron chi connectivity index (χ3n) is 6.48. The molecule has 36 heavy (non-hydrogen) atoms. The minimum atomic E-state index is -0.843. The summed E-state index contributed by atoms with van der Waals surface area (Å²) in [6, 6.07) is 13.2. The molecule has 8 heteroatoms. The second-order valence-corrected chi connectivity index (χ2v) is 9.51. The number of unbranched alkanes of at least 4 members (excludes halogenated alkanes) is 1. The molecular weight excluding hydrogens is 480 g/mol. The van der Waals surface area contributed by atoms with E-state index in [0.717, 1.165) is 48.2 Å². The first-order valence-electron chi connectivity index (χ1n) is 12.6. The summed E-state index contributed by atoms with van der Waals surface area (Å²) in [5.74, 6) is -0.387. The molecule has 1 atom stereocenters. The lowest BCUT2D eigenvalue weighted by Gasteiger charge is -2.31. The first-order chi connectivity index (χ1) is 17.3. The van der Waals surface area contributed by atoms with Gasteiger partial charge < -0.3 is 9.84 Å².